The average molecular weight is 292 g/mol. The summed E-state index contributed by atoms with van der Waals surface area (Å²) < 4.78 is 5.29. The number of hydrogen-bond donors (Lipinski definition) is 0. The molecule has 1 fully saturated rings. The molecular formula is C16H18ClNO2. The summed E-state index contributed by atoms with van der Waals surface area (Å²) in [4.78, 5) is 13.4. The second-order valence-electron chi connectivity index (χ2n) is 5.83. The Morgan fingerprint density at radius 1 is 1.35 bits per heavy atom. The maximum Gasteiger partial charge on any atom is 0.410 e. The number of halogens is 1. The SMILES string of the molecule is CC(C)(C)OC(=O)N1CC(C#Cc2ccccc2Cl)C1. The number of carbonyl (C=O) groups is 1. The van der Waals surface area contributed by atoms with E-state index in [0.29, 0.717) is 18.1 Å². The predicted molar refractivity (Wildman–Crippen MR) is 79.6 cm³/mol. The van der Waals surface area contributed by atoms with Crippen LogP contribution in [-0.2, 0) is 4.74 Å². The summed E-state index contributed by atoms with van der Waals surface area (Å²) in [7, 11) is 0. The van der Waals surface area contributed by atoms with Crippen LogP contribution in [0.2, 0.25) is 5.02 Å². The van der Waals surface area contributed by atoms with Gasteiger partial charge >= 0.3 is 6.09 Å². The average Bonchev–Trinajstić information content (AvgIpc) is 2.26. The third-order valence-electron chi connectivity index (χ3n) is 2.82. The Morgan fingerprint density at radius 2 is 2.00 bits per heavy atom. The molecule has 0 spiro atoms. The van der Waals surface area contributed by atoms with Crippen LogP contribution in [0, 0.1) is 17.8 Å². The largest absolute Gasteiger partial charge is 0.444 e. The van der Waals surface area contributed by atoms with Crippen LogP contribution in [0.1, 0.15) is 26.3 Å². The van der Waals surface area contributed by atoms with E-state index in [-0.39, 0.29) is 12.0 Å². The van der Waals surface area contributed by atoms with Crippen molar-refractivity contribution in [2.75, 3.05) is 13.1 Å². The zero-order valence-electron chi connectivity index (χ0n) is 11.9. The Morgan fingerprint density at radius 3 is 2.60 bits per heavy atom. The van der Waals surface area contributed by atoms with E-state index in [0.717, 1.165) is 5.56 Å². The van der Waals surface area contributed by atoms with Crippen LogP contribution in [0.5, 0.6) is 0 Å². The number of ether oxygens (including phenoxy) is 1. The Hall–Kier alpha value is -1.66. The van der Waals surface area contributed by atoms with E-state index in [2.05, 4.69) is 11.8 Å². The van der Waals surface area contributed by atoms with Crippen molar-refractivity contribution in [1.82, 2.24) is 4.90 Å². The van der Waals surface area contributed by atoms with Crippen molar-refractivity contribution in [3.63, 3.8) is 0 Å². The Labute approximate surface area is 124 Å². The van der Waals surface area contributed by atoms with Gasteiger partial charge in [-0.15, -0.1) is 0 Å². The van der Waals surface area contributed by atoms with Crippen molar-refractivity contribution in [1.29, 1.82) is 0 Å². The minimum atomic E-state index is -0.453. The highest BCUT2D eigenvalue weighted by molar-refractivity contribution is 6.31. The van der Waals surface area contributed by atoms with Gasteiger partial charge in [-0.25, -0.2) is 4.79 Å². The molecule has 1 aliphatic heterocycles. The number of amides is 1. The summed E-state index contributed by atoms with van der Waals surface area (Å²) in [5.74, 6) is 6.40. The zero-order valence-corrected chi connectivity index (χ0v) is 12.7. The molecule has 4 heteroatoms. The molecule has 1 amide bonds. The van der Waals surface area contributed by atoms with Crippen molar-refractivity contribution < 1.29 is 9.53 Å². The van der Waals surface area contributed by atoms with Gasteiger partial charge in [0.05, 0.1) is 10.9 Å². The lowest BCUT2D eigenvalue weighted by Crippen LogP contribution is -2.51. The number of likely N-dealkylation sites (tertiary alicyclic amines) is 1. The highest BCUT2D eigenvalue weighted by atomic mass is 35.5. The van der Waals surface area contributed by atoms with Crippen LogP contribution in [-0.4, -0.2) is 29.7 Å². The van der Waals surface area contributed by atoms with Gasteiger partial charge in [-0.1, -0.05) is 35.6 Å². The van der Waals surface area contributed by atoms with Gasteiger partial charge in [-0.3, -0.25) is 0 Å². The maximum atomic E-state index is 11.7. The molecule has 0 bridgehead atoms. The van der Waals surface area contributed by atoms with E-state index < -0.39 is 5.60 Å². The molecular weight excluding hydrogens is 274 g/mol. The lowest BCUT2D eigenvalue weighted by molar-refractivity contribution is 0.00592. The molecule has 0 aromatic heterocycles. The molecule has 1 saturated heterocycles. The lowest BCUT2D eigenvalue weighted by Gasteiger charge is -2.37. The monoisotopic (exact) mass is 291 g/mol. The molecule has 106 valence electrons. The molecule has 0 radical (unpaired) electrons. The smallest absolute Gasteiger partial charge is 0.410 e. The van der Waals surface area contributed by atoms with E-state index in [1.807, 2.05) is 45.0 Å². The molecule has 0 atom stereocenters. The van der Waals surface area contributed by atoms with Crippen molar-refractivity contribution in [3.8, 4) is 11.8 Å². The Balaban J connectivity index is 1.86. The first-order chi connectivity index (χ1) is 9.35. The highest BCUT2D eigenvalue weighted by Crippen LogP contribution is 2.19. The molecule has 1 aliphatic rings. The van der Waals surface area contributed by atoms with Crippen LogP contribution in [0.4, 0.5) is 4.79 Å². The second kappa shape index (κ2) is 5.76. The van der Waals surface area contributed by atoms with Crippen molar-refractivity contribution in [2.45, 2.75) is 26.4 Å². The minimum Gasteiger partial charge on any atom is -0.444 e. The van der Waals surface area contributed by atoms with Gasteiger partial charge in [0.1, 0.15) is 5.60 Å². The van der Waals surface area contributed by atoms with Gasteiger partial charge in [-0.05, 0) is 32.9 Å². The van der Waals surface area contributed by atoms with Crippen LogP contribution < -0.4 is 0 Å². The fourth-order valence-electron chi connectivity index (χ4n) is 1.79. The number of benzene rings is 1. The fraction of sp³-hybridized carbons (Fsp3) is 0.438. The van der Waals surface area contributed by atoms with E-state index >= 15 is 0 Å². The van der Waals surface area contributed by atoms with Gasteiger partial charge in [0.25, 0.3) is 0 Å². The van der Waals surface area contributed by atoms with Crippen molar-refractivity contribution in [3.05, 3.63) is 34.9 Å². The molecule has 2 rings (SSSR count). The third-order valence-corrected chi connectivity index (χ3v) is 3.15. The summed E-state index contributed by atoms with van der Waals surface area (Å²) in [6.45, 7) is 6.82. The third kappa shape index (κ3) is 3.91. The zero-order chi connectivity index (χ0) is 14.8. The fourth-order valence-corrected chi connectivity index (χ4v) is 1.97. The minimum absolute atomic E-state index is 0.193. The molecule has 3 nitrogen and oxygen atoms in total. The Kier molecular flexibility index (Phi) is 4.25. The van der Waals surface area contributed by atoms with Gasteiger partial charge in [0.15, 0.2) is 0 Å². The molecule has 1 aromatic carbocycles. The van der Waals surface area contributed by atoms with Crippen LogP contribution >= 0.6 is 11.6 Å². The van der Waals surface area contributed by atoms with Crippen LogP contribution in [0.3, 0.4) is 0 Å². The standard InChI is InChI=1S/C16H18ClNO2/c1-16(2,3)20-15(19)18-10-12(11-18)8-9-13-6-4-5-7-14(13)17/h4-7,12H,10-11H2,1-3H3. The first kappa shape index (κ1) is 14.7. The maximum absolute atomic E-state index is 11.7. The summed E-state index contributed by atoms with van der Waals surface area (Å²) in [5, 5.41) is 0.656. The number of hydrogen-bond acceptors (Lipinski definition) is 2. The normalized spacial score (nSPS) is 15.1. The molecule has 1 heterocycles. The topological polar surface area (TPSA) is 29.5 Å². The number of rotatable bonds is 0. The first-order valence-electron chi connectivity index (χ1n) is 6.59. The predicted octanol–water partition coefficient (Wildman–Crippen LogP) is 3.56. The van der Waals surface area contributed by atoms with Crippen molar-refractivity contribution >= 4 is 17.7 Å². The van der Waals surface area contributed by atoms with Gasteiger partial charge in [-0.2, -0.15) is 0 Å². The summed E-state index contributed by atoms with van der Waals surface area (Å²) in [6.07, 6.45) is -0.270. The van der Waals surface area contributed by atoms with E-state index in [9.17, 15) is 4.79 Å². The van der Waals surface area contributed by atoms with Crippen molar-refractivity contribution in [2.24, 2.45) is 5.92 Å². The molecule has 0 N–H and O–H groups in total. The Bertz CT molecular complexity index is 560. The number of carbonyl (C=O) groups excluding carboxylic acids is 1. The van der Waals surface area contributed by atoms with E-state index in [1.54, 1.807) is 4.90 Å². The molecule has 0 aliphatic carbocycles. The molecule has 0 unspecified atom stereocenters. The quantitative estimate of drug-likeness (QED) is 0.684. The number of nitrogens with zero attached hydrogens (tertiary/aromatic N) is 1. The van der Waals surface area contributed by atoms with Gasteiger partial charge < -0.3 is 9.64 Å². The molecule has 0 saturated carbocycles. The highest BCUT2D eigenvalue weighted by Gasteiger charge is 2.32. The van der Waals surface area contributed by atoms with Gasteiger partial charge in [0.2, 0.25) is 0 Å². The van der Waals surface area contributed by atoms with Crippen LogP contribution in [0.25, 0.3) is 0 Å². The second-order valence-corrected chi connectivity index (χ2v) is 6.24. The summed E-state index contributed by atoms with van der Waals surface area (Å²) in [5.41, 5.74) is 0.371. The molecule has 20 heavy (non-hydrogen) atoms. The first-order valence-corrected chi connectivity index (χ1v) is 6.97. The van der Waals surface area contributed by atoms with Crippen LogP contribution in [0.15, 0.2) is 24.3 Å². The van der Waals surface area contributed by atoms with Gasteiger partial charge in [0, 0.05) is 18.7 Å². The van der Waals surface area contributed by atoms with E-state index in [1.165, 1.54) is 0 Å². The van der Waals surface area contributed by atoms with E-state index in [4.69, 9.17) is 16.3 Å². The molecule has 1 aromatic rings. The summed E-state index contributed by atoms with van der Waals surface area (Å²) >= 11 is 6.03. The summed E-state index contributed by atoms with van der Waals surface area (Å²) in [6, 6.07) is 7.49. The lowest BCUT2D eigenvalue weighted by atomic mass is 10.0.